The third-order valence-electron chi connectivity index (χ3n) is 6.48. The van der Waals surface area contributed by atoms with E-state index < -0.39 is 0 Å². The summed E-state index contributed by atoms with van der Waals surface area (Å²) in [6.07, 6.45) is 4.75. The number of rotatable bonds is 10. The number of hydrogen-bond acceptors (Lipinski definition) is 3. The van der Waals surface area contributed by atoms with E-state index in [4.69, 9.17) is 9.47 Å². The molecule has 3 nitrogen and oxygen atoms in total. The van der Waals surface area contributed by atoms with Crippen molar-refractivity contribution in [3.05, 3.63) is 102 Å². The first-order chi connectivity index (χ1) is 15.8. The van der Waals surface area contributed by atoms with Gasteiger partial charge >= 0.3 is 0 Å². The van der Waals surface area contributed by atoms with Crippen LogP contribution in [0.4, 0.5) is 0 Å². The molecule has 0 aliphatic carbocycles. The molecule has 0 N–H and O–H groups in total. The van der Waals surface area contributed by atoms with E-state index in [1.165, 1.54) is 55.6 Å². The minimum Gasteiger partial charge on any atom is -0.497 e. The molecule has 3 heteroatoms. The average Bonchev–Trinajstić information content (AvgIpc) is 2.86. The summed E-state index contributed by atoms with van der Waals surface area (Å²) >= 11 is 0. The third-order valence-corrected chi connectivity index (χ3v) is 6.48. The second-order valence-electron chi connectivity index (χ2n) is 8.77. The van der Waals surface area contributed by atoms with Gasteiger partial charge in [0.1, 0.15) is 11.9 Å². The largest absolute Gasteiger partial charge is 0.497 e. The van der Waals surface area contributed by atoms with Crippen LogP contribution in [-0.2, 0) is 11.2 Å². The summed E-state index contributed by atoms with van der Waals surface area (Å²) in [6, 6.07) is 29.6. The fourth-order valence-corrected chi connectivity index (χ4v) is 4.58. The number of aryl methyl sites for hydroxylation is 1. The van der Waals surface area contributed by atoms with Crippen molar-refractivity contribution in [1.29, 1.82) is 0 Å². The quantitative estimate of drug-likeness (QED) is 0.386. The van der Waals surface area contributed by atoms with Crippen molar-refractivity contribution in [2.45, 2.75) is 31.8 Å². The van der Waals surface area contributed by atoms with Gasteiger partial charge in [0.15, 0.2) is 0 Å². The first kappa shape index (κ1) is 22.6. The predicted molar refractivity (Wildman–Crippen MR) is 131 cm³/mol. The van der Waals surface area contributed by atoms with Crippen LogP contribution in [0, 0.1) is 5.92 Å². The lowest BCUT2D eigenvalue weighted by atomic mass is 9.96. The fraction of sp³-hybridized carbons (Fsp3) is 0.379. The minimum atomic E-state index is 0.0123. The highest BCUT2D eigenvalue weighted by Gasteiger charge is 2.22. The SMILES string of the molecule is COc1cccc(CCCN2CCC(COC(c3ccccc3)c3ccccc3)CC2)c1. The zero-order valence-corrected chi connectivity index (χ0v) is 19.2. The molecule has 0 unspecified atom stereocenters. The molecule has 0 aromatic heterocycles. The van der Waals surface area contributed by atoms with Gasteiger partial charge in [0.05, 0.1) is 13.7 Å². The molecule has 0 spiro atoms. The Hall–Kier alpha value is -2.62. The standard InChI is InChI=1S/C29H35NO2/c1-31-28-16-8-10-24(22-28)11-9-19-30-20-17-25(18-21-30)23-32-29(26-12-4-2-5-13-26)27-14-6-3-7-15-27/h2-8,10,12-16,22,25,29H,9,11,17-21,23H2,1H3. The molecule has 0 bridgehead atoms. The van der Waals surface area contributed by atoms with Crippen molar-refractivity contribution in [1.82, 2.24) is 4.90 Å². The normalized spacial score (nSPS) is 15.2. The van der Waals surface area contributed by atoms with Crippen LogP contribution in [0.3, 0.4) is 0 Å². The summed E-state index contributed by atoms with van der Waals surface area (Å²) in [4.78, 5) is 2.61. The van der Waals surface area contributed by atoms with Gasteiger partial charge in [0.2, 0.25) is 0 Å². The second kappa shape index (κ2) is 11.8. The van der Waals surface area contributed by atoms with Crippen LogP contribution in [0.15, 0.2) is 84.9 Å². The number of benzene rings is 3. The number of nitrogens with zero attached hydrogens (tertiary/aromatic N) is 1. The van der Waals surface area contributed by atoms with Crippen LogP contribution in [0.2, 0.25) is 0 Å². The first-order valence-electron chi connectivity index (χ1n) is 11.9. The summed E-state index contributed by atoms with van der Waals surface area (Å²) < 4.78 is 11.9. The average molecular weight is 430 g/mol. The van der Waals surface area contributed by atoms with Crippen LogP contribution in [0.1, 0.15) is 42.1 Å². The molecule has 1 aliphatic heterocycles. The lowest BCUT2D eigenvalue weighted by molar-refractivity contribution is 0.0309. The van der Waals surface area contributed by atoms with E-state index in [0.29, 0.717) is 5.92 Å². The molecule has 1 saturated heterocycles. The van der Waals surface area contributed by atoms with Gasteiger partial charge in [-0.2, -0.15) is 0 Å². The van der Waals surface area contributed by atoms with E-state index in [2.05, 4.69) is 83.8 Å². The van der Waals surface area contributed by atoms with Gasteiger partial charge in [-0.1, -0.05) is 72.8 Å². The maximum Gasteiger partial charge on any atom is 0.119 e. The van der Waals surface area contributed by atoms with Crippen LogP contribution in [-0.4, -0.2) is 38.3 Å². The molecule has 4 rings (SSSR count). The van der Waals surface area contributed by atoms with Crippen molar-refractivity contribution >= 4 is 0 Å². The third kappa shape index (κ3) is 6.44. The Morgan fingerprint density at radius 2 is 1.50 bits per heavy atom. The molecule has 168 valence electrons. The van der Waals surface area contributed by atoms with E-state index in [-0.39, 0.29) is 6.10 Å². The van der Waals surface area contributed by atoms with Crippen LogP contribution >= 0.6 is 0 Å². The lowest BCUT2D eigenvalue weighted by Crippen LogP contribution is -2.36. The van der Waals surface area contributed by atoms with Crippen LogP contribution in [0.5, 0.6) is 5.75 Å². The molecule has 0 radical (unpaired) electrons. The Bertz CT molecular complexity index is 881. The Kier molecular flexibility index (Phi) is 8.35. The van der Waals surface area contributed by atoms with Gasteiger partial charge in [-0.15, -0.1) is 0 Å². The maximum absolute atomic E-state index is 6.52. The first-order valence-corrected chi connectivity index (χ1v) is 11.9. The number of piperidine rings is 1. The highest BCUT2D eigenvalue weighted by Crippen LogP contribution is 2.28. The van der Waals surface area contributed by atoms with Gasteiger partial charge in [-0.05, 0) is 80.1 Å². The molecular formula is C29H35NO2. The Morgan fingerprint density at radius 1 is 0.844 bits per heavy atom. The highest BCUT2D eigenvalue weighted by molar-refractivity contribution is 5.30. The van der Waals surface area contributed by atoms with E-state index in [0.717, 1.165) is 18.8 Å². The van der Waals surface area contributed by atoms with E-state index in [1.807, 2.05) is 6.07 Å². The molecular weight excluding hydrogens is 394 g/mol. The Balaban J connectivity index is 1.22. The number of hydrogen-bond donors (Lipinski definition) is 0. The van der Waals surface area contributed by atoms with Gasteiger partial charge in [0, 0.05) is 0 Å². The van der Waals surface area contributed by atoms with Crippen LogP contribution in [0.25, 0.3) is 0 Å². The minimum absolute atomic E-state index is 0.0123. The molecule has 32 heavy (non-hydrogen) atoms. The summed E-state index contributed by atoms with van der Waals surface area (Å²) in [6.45, 7) is 4.34. The molecule has 1 heterocycles. The zero-order valence-electron chi connectivity index (χ0n) is 19.2. The topological polar surface area (TPSA) is 21.7 Å². The molecule has 0 atom stereocenters. The Labute approximate surface area is 193 Å². The van der Waals surface area contributed by atoms with Crippen molar-refractivity contribution in [3.8, 4) is 5.75 Å². The molecule has 3 aromatic rings. The van der Waals surface area contributed by atoms with Crippen molar-refractivity contribution in [2.24, 2.45) is 5.92 Å². The predicted octanol–water partition coefficient (Wildman–Crippen LogP) is 6.15. The van der Waals surface area contributed by atoms with Crippen molar-refractivity contribution in [3.63, 3.8) is 0 Å². The van der Waals surface area contributed by atoms with E-state index in [9.17, 15) is 0 Å². The molecule has 1 fully saturated rings. The molecule has 0 amide bonds. The van der Waals surface area contributed by atoms with Crippen LogP contribution < -0.4 is 4.74 Å². The van der Waals surface area contributed by atoms with Gasteiger partial charge in [0.25, 0.3) is 0 Å². The van der Waals surface area contributed by atoms with Gasteiger partial charge in [-0.3, -0.25) is 0 Å². The molecule has 3 aromatic carbocycles. The number of likely N-dealkylation sites (tertiary alicyclic amines) is 1. The number of methoxy groups -OCH3 is 1. The van der Waals surface area contributed by atoms with E-state index >= 15 is 0 Å². The van der Waals surface area contributed by atoms with Crippen molar-refractivity contribution < 1.29 is 9.47 Å². The van der Waals surface area contributed by atoms with Gasteiger partial charge < -0.3 is 14.4 Å². The molecule has 1 aliphatic rings. The van der Waals surface area contributed by atoms with E-state index in [1.54, 1.807) is 7.11 Å². The summed E-state index contributed by atoms with van der Waals surface area (Å²) in [5.74, 6) is 1.59. The summed E-state index contributed by atoms with van der Waals surface area (Å²) in [7, 11) is 1.73. The Morgan fingerprint density at radius 3 is 2.12 bits per heavy atom. The lowest BCUT2D eigenvalue weighted by Gasteiger charge is -2.32. The summed E-state index contributed by atoms with van der Waals surface area (Å²) in [5, 5.41) is 0. The highest BCUT2D eigenvalue weighted by atomic mass is 16.5. The van der Waals surface area contributed by atoms with Crippen molar-refractivity contribution in [2.75, 3.05) is 33.4 Å². The maximum atomic E-state index is 6.52. The zero-order chi connectivity index (χ0) is 22.0. The van der Waals surface area contributed by atoms with Gasteiger partial charge in [-0.25, -0.2) is 0 Å². The molecule has 0 saturated carbocycles. The smallest absolute Gasteiger partial charge is 0.119 e. The number of ether oxygens (including phenoxy) is 2. The summed E-state index contributed by atoms with van der Waals surface area (Å²) in [5.41, 5.74) is 3.82. The second-order valence-corrected chi connectivity index (χ2v) is 8.77. The monoisotopic (exact) mass is 429 g/mol. The fourth-order valence-electron chi connectivity index (χ4n) is 4.58.